The fraction of sp³-hybridized carbons (Fsp3) is 0.391. The number of amides is 2. The lowest BCUT2D eigenvalue weighted by molar-refractivity contribution is -0.233. The quantitative estimate of drug-likeness (QED) is 0.246. The first-order chi connectivity index (χ1) is 16.5. The fourth-order valence-corrected chi connectivity index (χ4v) is 4.30. The number of nitrogens with zero attached hydrogens (tertiary/aromatic N) is 2. The van der Waals surface area contributed by atoms with E-state index in [1.807, 2.05) is 19.1 Å². The van der Waals surface area contributed by atoms with E-state index < -0.39 is 41.9 Å². The van der Waals surface area contributed by atoms with Gasteiger partial charge in [0.1, 0.15) is 10.8 Å². The molecule has 1 aromatic heterocycles. The lowest BCUT2D eigenvalue weighted by Gasteiger charge is -2.34. The van der Waals surface area contributed by atoms with E-state index in [0.717, 1.165) is 21.8 Å². The van der Waals surface area contributed by atoms with E-state index in [-0.39, 0.29) is 19.4 Å². The van der Waals surface area contributed by atoms with Gasteiger partial charge < -0.3 is 30.7 Å². The van der Waals surface area contributed by atoms with Gasteiger partial charge in [0.15, 0.2) is 6.10 Å². The summed E-state index contributed by atoms with van der Waals surface area (Å²) in [5.41, 5.74) is -1.71. The van der Waals surface area contributed by atoms with Crippen molar-refractivity contribution < 1.29 is 34.4 Å². The van der Waals surface area contributed by atoms with Gasteiger partial charge in [-0.05, 0) is 56.0 Å². The maximum atomic E-state index is 12.9. The third-order valence-corrected chi connectivity index (χ3v) is 6.39. The summed E-state index contributed by atoms with van der Waals surface area (Å²) >= 11 is 0.834. The summed E-state index contributed by atoms with van der Waals surface area (Å²) in [5, 5.41) is 36.8. The molecule has 0 bridgehead atoms. The van der Waals surface area contributed by atoms with Crippen LogP contribution in [0.1, 0.15) is 25.3 Å². The minimum Gasteiger partial charge on any atom is -0.481 e. The molecule has 12 heteroatoms. The molecule has 1 aromatic carbocycles. The number of Topliss-reactive ketones (excluding diaryl/α,β-unsaturated/α-hetero) is 1. The molecule has 1 aliphatic rings. The number of ketones is 1. The second-order valence-corrected chi connectivity index (χ2v) is 9.12. The van der Waals surface area contributed by atoms with Crippen LogP contribution >= 0.6 is 11.9 Å². The molecule has 2 heterocycles. The zero-order chi connectivity index (χ0) is 25.6. The van der Waals surface area contributed by atoms with Crippen LogP contribution in [-0.2, 0) is 14.4 Å². The molecule has 3 rings (SSSR count). The second-order valence-electron chi connectivity index (χ2n) is 8.08. The van der Waals surface area contributed by atoms with Crippen molar-refractivity contribution in [3.63, 3.8) is 0 Å². The van der Waals surface area contributed by atoms with Crippen molar-refractivity contribution >= 4 is 29.5 Å². The number of hydrogen-bond donors (Lipinski definition) is 5. The van der Waals surface area contributed by atoms with E-state index in [0.29, 0.717) is 10.8 Å². The lowest BCUT2D eigenvalue weighted by atomic mass is 10.0. The molecule has 1 fully saturated rings. The van der Waals surface area contributed by atoms with Crippen LogP contribution in [0.3, 0.4) is 0 Å². The van der Waals surface area contributed by atoms with Crippen LogP contribution in [0.5, 0.6) is 5.75 Å². The van der Waals surface area contributed by atoms with E-state index >= 15 is 0 Å². The number of aromatic nitrogens is 1. The normalized spacial score (nSPS) is 21.0. The highest BCUT2D eigenvalue weighted by Gasteiger charge is 2.55. The van der Waals surface area contributed by atoms with Gasteiger partial charge in [0, 0.05) is 19.2 Å². The third kappa shape index (κ3) is 6.55. The number of hydrogen-bond acceptors (Lipinski definition) is 10. The summed E-state index contributed by atoms with van der Waals surface area (Å²) in [5.74, 6) is -5.45. The monoisotopic (exact) mass is 504 g/mol. The SMILES string of the molecule is Cc1ccccc1OC(C)C(=O)NCC(=O)N[C@@]1(O)CCCN(Sc2ccccn2)C(O)(O)C1=O. The van der Waals surface area contributed by atoms with Crippen molar-refractivity contribution in [3.8, 4) is 5.75 Å². The largest absolute Gasteiger partial charge is 0.481 e. The molecule has 0 spiro atoms. The molecular weight excluding hydrogens is 476 g/mol. The van der Waals surface area contributed by atoms with Crippen molar-refractivity contribution in [2.75, 3.05) is 13.1 Å². The predicted octanol–water partition coefficient (Wildman–Crippen LogP) is 0.0889. The molecule has 188 valence electrons. The Bertz CT molecular complexity index is 1070. The highest BCUT2D eigenvalue weighted by Crippen LogP contribution is 2.33. The Morgan fingerprint density at radius 2 is 1.91 bits per heavy atom. The maximum absolute atomic E-state index is 12.9. The molecule has 11 nitrogen and oxygen atoms in total. The Kier molecular flexibility index (Phi) is 8.46. The van der Waals surface area contributed by atoms with E-state index in [1.54, 1.807) is 30.3 Å². The van der Waals surface area contributed by atoms with Crippen LogP contribution in [0.25, 0.3) is 0 Å². The van der Waals surface area contributed by atoms with E-state index in [4.69, 9.17) is 4.74 Å². The molecule has 1 aliphatic heterocycles. The molecule has 5 N–H and O–H groups in total. The molecule has 2 aromatic rings. The minimum absolute atomic E-state index is 0.0165. The number of para-hydroxylation sites is 1. The van der Waals surface area contributed by atoms with Crippen molar-refractivity contribution in [2.45, 2.75) is 49.5 Å². The number of aryl methyl sites for hydroxylation is 1. The first kappa shape index (κ1) is 26.6. The standard InChI is InChI=1S/C23H28N4O7S/c1-15-8-3-4-9-17(15)34-16(2)20(29)25-14-18(28)26-22(31)11-7-13-27(23(32,33)21(22)30)35-19-10-5-6-12-24-19/h3-6,8-10,12,16,31-33H,7,11,13-14H2,1-2H3,(H,25,29)(H,26,28)/t16?,22-/m1/s1. The number of benzene rings is 1. The van der Waals surface area contributed by atoms with Crippen LogP contribution in [0.15, 0.2) is 53.7 Å². The summed E-state index contributed by atoms with van der Waals surface area (Å²) < 4.78 is 6.58. The molecule has 2 atom stereocenters. The van der Waals surface area contributed by atoms with Crippen LogP contribution in [0.4, 0.5) is 0 Å². The zero-order valence-corrected chi connectivity index (χ0v) is 20.1. The summed E-state index contributed by atoms with van der Waals surface area (Å²) in [6.07, 6.45) is 0.487. The van der Waals surface area contributed by atoms with Crippen molar-refractivity contribution in [1.29, 1.82) is 0 Å². The molecule has 35 heavy (non-hydrogen) atoms. The number of ether oxygens (including phenoxy) is 1. The fourth-order valence-electron chi connectivity index (χ4n) is 3.40. The number of aliphatic hydroxyl groups is 3. The van der Waals surface area contributed by atoms with Gasteiger partial charge in [-0.2, -0.15) is 4.31 Å². The van der Waals surface area contributed by atoms with Crippen molar-refractivity contribution in [1.82, 2.24) is 19.9 Å². The Morgan fingerprint density at radius 3 is 2.60 bits per heavy atom. The van der Waals surface area contributed by atoms with Crippen LogP contribution in [0.2, 0.25) is 0 Å². The summed E-state index contributed by atoms with van der Waals surface area (Å²) in [7, 11) is 0. The molecule has 1 unspecified atom stereocenters. The number of rotatable bonds is 8. The van der Waals surface area contributed by atoms with Gasteiger partial charge in [0.25, 0.3) is 11.7 Å². The van der Waals surface area contributed by atoms with Gasteiger partial charge in [-0.25, -0.2) is 4.98 Å². The molecule has 2 amide bonds. The minimum atomic E-state index is -3.08. The first-order valence-electron chi connectivity index (χ1n) is 10.9. The van der Waals surface area contributed by atoms with E-state index in [1.165, 1.54) is 13.1 Å². The predicted molar refractivity (Wildman–Crippen MR) is 126 cm³/mol. The molecule has 0 aliphatic carbocycles. The summed E-state index contributed by atoms with van der Waals surface area (Å²) in [4.78, 5) is 41.7. The molecule has 1 saturated heterocycles. The van der Waals surface area contributed by atoms with Crippen LogP contribution in [0, 0.1) is 6.92 Å². The Morgan fingerprint density at radius 1 is 1.20 bits per heavy atom. The maximum Gasteiger partial charge on any atom is 0.302 e. The average Bonchev–Trinajstić information content (AvgIpc) is 2.90. The van der Waals surface area contributed by atoms with Gasteiger partial charge >= 0.3 is 5.91 Å². The van der Waals surface area contributed by atoms with Gasteiger partial charge in [-0.3, -0.25) is 14.4 Å². The van der Waals surface area contributed by atoms with Crippen molar-refractivity contribution in [2.24, 2.45) is 0 Å². The number of carbonyl (C=O) groups excluding carboxylic acids is 3. The Hall–Kier alpha value is -3.03. The number of pyridine rings is 1. The van der Waals surface area contributed by atoms with Gasteiger partial charge in [-0.15, -0.1) is 0 Å². The lowest BCUT2D eigenvalue weighted by Crippen LogP contribution is -2.65. The molecular formula is C23H28N4O7S. The van der Waals surface area contributed by atoms with E-state index in [2.05, 4.69) is 15.6 Å². The summed E-state index contributed by atoms with van der Waals surface area (Å²) in [6, 6.07) is 12.1. The topological polar surface area (TPSA) is 161 Å². The van der Waals surface area contributed by atoms with Gasteiger partial charge in [0.05, 0.1) is 6.54 Å². The zero-order valence-electron chi connectivity index (χ0n) is 19.3. The molecule has 0 radical (unpaired) electrons. The highest BCUT2D eigenvalue weighted by molar-refractivity contribution is 7.97. The number of carbonyl (C=O) groups is 3. The Labute approximate surface area is 206 Å². The molecule has 0 saturated carbocycles. The van der Waals surface area contributed by atoms with Crippen LogP contribution < -0.4 is 15.4 Å². The second kappa shape index (κ2) is 11.1. The van der Waals surface area contributed by atoms with Crippen molar-refractivity contribution in [3.05, 3.63) is 54.2 Å². The van der Waals surface area contributed by atoms with Gasteiger partial charge in [-0.1, -0.05) is 24.3 Å². The summed E-state index contributed by atoms with van der Waals surface area (Å²) in [6.45, 7) is 2.80. The van der Waals surface area contributed by atoms with E-state index in [9.17, 15) is 29.7 Å². The van der Waals surface area contributed by atoms with Crippen LogP contribution in [-0.4, -0.2) is 73.0 Å². The third-order valence-electron chi connectivity index (χ3n) is 5.31. The average molecular weight is 505 g/mol. The first-order valence-corrected chi connectivity index (χ1v) is 11.7. The highest BCUT2D eigenvalue weighted by atomic mass is 32.2. The smallest absolute Gasteiger partial charge is 0.302 e. The van der Waals surface area contributed by atoms with Gasteiger partial charge in [0.2, 0.25) is 11.6 Å². The Balaban J connectivity index is 1.58. The number of nitrogens with one attached hydrogen (secondary N) is 2.